The summed E-state index contributed by atoms with van der Waals surface area (Å²) in [5.41, 5.74) is 0.366. The number of alkyl halides is 1. The van der Waals surface area contributed by atoms with E-state index in [1.807, 2.05) is 0 Å². The number of hydrogen-bond donors (Lipinski definition) is 0. The van der Waals surface area contributed by atoms with Crippen LogP contribution in [0.2, 0.25) is 0 Å². The Kier molecular flexibility index (Phi) is 8.37. The van der Waals surface area contributed by atoms with Crippen molar-refractivity contribution in [2.45, 2.75) is 26.4 Å². The number of halogens is 1. The highest BCUT2D eigenvalue weighted by atomic mass is 35.5. The van der Waals surface area contributed by atoms with Gasteiger partial charge in [-0.15, -0.1) is 11.6 Å². The summed E-state index contributed by atoms with van der Waals surface area (Å²) in [5, 5.41) is 0. The highest BCUT2D eigenvalue weighted by molar-refractivity contribution is 6.17. The van der Waals surface area contributed by atoms with Crippen LogP contribution in [0.3, 0.4) is 0 Å². The predicted molar refractivity (Wildman–Crippen MR) is 57.6 cm³/mol. The number of carbonyl (C=O) groups excluding carboxylic acids is 1. The van der Waals surface area contributed by atoms with Crippen LogP contribution in [0, 0.1) is 0 Å². The number of ether oxygens (including phenoxy) is 1. The zero-order valence-electron chi connectivity index (χ0n) is 9.12. The molecule has 0 saturated heterocycles. The average molecular weight is 237 g/mol. The van der Waals surface area contributed by atoms with E-state index in [1.54, 1.807) is 13.8 Å². The average Bonchev–Trinajstić information content (AvgIpc) is 2.20. The highest BCUT2D eigenvalue weighted by Crippen LogP contribution is 1.98. The summed E-state index contributed by atoms with van der Waals surface area (Å²) >= 11 is 5.44. The molecule has 4 nitrogen and oxygen atoms in total. The molecule has 0 aromatic carbocycles. The van der Waals surface area contributed by atoms with E-state index in [2.05, 4.69) is 6.58 Å². The van der Waals surface area contributed by atoms with Crippen LogP contribution in [0.15, 0.2) is 12.2 Å². The van der Waals surface area contributed by atoms with Gasteiger partial charge in [0.1, 0.15) is 12.7 Å². The molecule has 0 radical (unpaired) electrons. The van der Waals surface area contributed by atoms with Crippen molar-refractivity contribution in [3.8, 4) is 0 Å². The molecule has 0 N–H and O–H groups in total. The van der Waals surface area contributed by atoms with Gasteiger partial charge in [0.2, 0.25) is 0 Å². The van der Waals surface area contributed by atoms with Gasteiger partial charge < -0.3 is 4.74 Å². The minimum atomic E-state index is -0.425. The summed E-state index contributed by atoms with van der Waals surface area (Å²) in [6.45, 7) is 7.37. The molecule has 0 amide bonds. The molecule has 0 aromatic heterocycles. The normalized spacial score (nSPS) is 12.2. The van der Waals surface area contributed by atoms with E-state index in [9.17, 15) is 4.79 Å². The summed E-state index contributed by atoms with van der Waals surface area (Å²) in [4.78, 5) is 20.7. The molecule has 1 unspecified atom stereocenters. The van der Waals surface area contributed by atoms with E-state index in [4.69, 9.17) is 26.1 Å². The molecule has 0 aliphatic heterocycles. The van der Waals surface area contributed by atoms with Gasteiger partial charge in [0, 0.05) is 11.5 Å². The van der Waals surface area contributed by atoms with Crippen LogP contribution in [0.1, 0.15) is 20.3 Å². The Balaban J connectivity index is 3.44. The van der Waals surface area contributed by atoms with Gasteiger partial charge in [-0.1, -0.05) is 6.58 Å². The number of hydrogen-bond acceptors (Lipinski definition) is 4. The molecule has 0 bridgehead atoms. The third kappa shape index (κ3) is 8.42. The Morgan fingerprint density at radius 1 is 1.53 bits per heavy atom. The van der Waals surface area contributed by atoms with Crippen LogP contribution in [-0.2, 0) is 19.3 Å². The maximum atomic E-state index is 11.0. The first-order valence-corrected chi connectivity index (χ1v) is 5.28. The van der Waals surface area contributed by atoms with Crippen molar-refractivity contribution < 1.29 is 19.3 Å². The maximum absolute atomic E-state index is 11.0. The van der Waals surface area contributed by atoms with Crippen molar-refractivity contribution in [1.82, 2.24) is 0 Å². The molecule has 1 atom stereocenters. The summed E-state index contributed by atoms with van der Waals surface area (Å²) in [6, 6.07) is 0. The molecule has 0 aliphatic carbocycles. The Bertz CT molecular complexity index is 206. The molecule has 0 spiro atoms. The molecule has 0 rings (SSSR count). The van der Waals surface area contributed by atoms with Gasteiger partial charge >= 0.3 is 5.97 Å². The van der Waals surface area contributed by atoms with Crippen LogP contribution >= 0.6 is 11.6 Å². The van der Waals surface area contributed by atoms with Crippen LogP contribution in [0.5, 0.6) is 0 Å². The monoisotopic (exact) mass is 236 g/mol. The molecule has 0 heterocycles. The molecule has 0 aromatic rings. The van der Waals surface area contributed by atoms with Gasteiger partial charge in [-0.25, -0.2) is 14.6 Å². The first-order valence-electron chi connectivity index (χ1n) is 4.74. The van der Waals surface area contributed by atoms with E-state index in [0.29, 0.717) is 18.1 Å². The van der Waals surface area contributed by atoms with Crippen molar-refractivity contribution in [2.24, 2.45) is 0 Å². The summed E-state index contributed by atoms with van der Waals surface area (Å²) in [7, 11) is 0. The maximum Gasteiger partial charge on any atom is 0.333 e. The van der Waals surface area contributed by atoms with Crippen molar-refractivity contribution in [3.63, 3.8) is 0 Å². The first-order chi connectivity index (χ1) is 7.07. The van der Waals surface area contributed by atoms with Gasteiger partial charge in [0.15, 0.2) is 0 Å². The second-order valence-electron chi connectivity index (χ2n) is 3.15. The molecular weight excluding hydrogens is 220 g/mol. The van der Waals surface area contributed by atoms with Crippen LogP contribution in [0.25, 0.3) is 0 Å². The van der Waals surface area contributed by atoms with Crippen molar-refractivity contribution in [2.75, 3.05) is 19.1 Å². The third-order valence-electron chi connectivity index (χ3n) is 1.39. The Labute approximate surface area is 95.1 Å². The molecule has 0 saturated carbocycles. The Morgan fingerprint density at radius 3 is 2.73 bits per heavy atom. The lowest BCUT2D eigenvalue weighted by Gasteiger charge is -2.11. The quantitative estimate of drug-likeness (QED) is 0.162. The Morgan fingerprint density at radius 2 is 2.20 bits per heavy atom. The smallest absolute Gasteiger partial charge is 0.333 e. The topological polar surface area (TPSA) is 44.8 Å². The fourth-order valence-electron chi connectivity index (χ4n) is 0.622. The lowest BCUT2D eigenvalue weighted by Crippen LogP contribution is -2.19. The summed E-state index contributed by atoms with van der Waals surface area (Å²) < 4.78 is 4.85. The van der Waals surface area contributed by atoms with Crippen molar-refractivity contribution >= 4 is 17.6 Å². The molecule has 5 heteroatoms. The van der Waals surface area contributed by atoms with Crippen molar-refractivity contribution in [3.05, 3.63) is 12.2 Å². The minimum Gasteiger partial charge on any atom is -0.459 e. The van der Waals surface area contributed by atoms with E-state index < -0.39 is 5.97 Å². The first kappa shape index (κ1) is 14.4. The van der Waals surface area contributed by atoms with Crippen LogP contribution in [-0.4, -0.2) is 31.2 Å². The lowest BCUT2D eigenvalue weighted by atomic mass is 10.3. The number of carbonyl (C=O) groups is 1. The second kappa shape index (κ2) is 8.71. The lowest BCUT2D eigenvalue weighted by molar-refractivity contribution is -0.324. The fourth-order valence-corrected chi connectivity index (χ4v) is 0.731. The van der Waals surface area contributed by atoms with E-state index in [0.717, 1.165) is 6.42 Å². The summed E-state index contributed by atoms with van der Waals surface area (Å²) in [5.74, 6) is 0.105. The number of esters is 1. The predicted octanol–water partition coefficient (Wildman–Crippen LogP) is 2.07. The number of rotatable bonds is 8. The van der Waals surface area contributed by atoms with Crippen molar-refractivity contribution in [1.29, 1.82) is 0 Å². The fraction of sp³-hybridized carbons (Fsp3) is 0.700. The zero-order chi connectivity index (χ0) is 11.7. The molecular formula is C10H17ClO4. The highest BCUT2D eigenvalue weighted by Gasteiger charge is 2.08. The molecule has 15 heavy (non-hydrogen) atoms. The Hall–Kier alpha value is -0.580. The van der Waals surface area contributed by atoms with E-state index in [1.165, 1.54) is 0 Å². The zero-order valence-corrected chi connectivity index (χ0v) is 9.88. The summed E-state index contributed by atoms with van der Waals surface area (Å²) in [6.07, 6.45) is 0.420. The largest absolute Gasteiger partial charge is 0.459 e. The van der Waals surface area contributed by atoms with Gasteiger partial charge in [-0.05, 0) is 20.3 Å². The van der Waals surface area contributed by atoms with Crippen LogP contribution < -0.4 is 0 Å². The molecule has 88 valence electrons. The SMILES string of the molecule is C=C(C)C(=O)OCC(C)OOCCCCl. The van der Waals surface area contributed by atoms with E-state index >= 15 is 0 Å². The van der Waals surface area contributed by atoms with Gasteiger partial charge in [-0.2, -0.15) is 0 Å². The van der Waals surface area contributed by atoms with E-state index in [-0.39, 0.29) is 12.7 Å². The van der Waals surface area contributed by atoms with Gasteiger partial charge in [-0.3, -0.25) is 0 Å². The third-order valence-corrected chi connectivity index (χ3v) is 1.66. The molecule has 0 aliphatic rings. The molecule has 0 fully saturated rings. The minimum absolute atomic E-state index is 0.145. The van der Waals surface area contributed by atoms with Crippen LogP contribution in [0.4, 0.5) is 0 Å². The standard InChI is InChI=1S/C10H17ClO4/c1-8(2)10(12)13-7-9(3)15-14-6-4-5-11/h9H,1,4-7H2,2-3H3. The second-order valence-corrected chi connectivity index (χ2v) is 3.53. The van der Waals surface area contributed by atoms with Gasteiger partial charge in [0.25, 0.3) is 0 Å². The van der Waals surface area contributed by atoms with Gasteiger partial charge in [0.05, 0.1) is 6.61 Å².